The summed E-state index contributed by atoms with van der Waals surface area (Å²) in [5.41, 5.74) is -0.757. The summed E-state index contributed by atoms with van der Waals surface area (Å²) in [5, 5.41) is 6.29. The van der Waals surface area contributed by atoms with E-state index in [9.17, 15) is 4.79 Å². The Bertz CT molecular complexity index is 268. The number of piperidine rings is 1. The number of amides is 1. The number of carbonyl (C=O) groups is 1. The van der Waals surface area contributed by atoms with Crippen LogP contribution in [0.15, 0.2) is 0 Å². The standard InChI is InChI=1S/C13H26N2O3/c1-5-17-10-13(6-8-14-9-7-13)15-11(16)18-12(2,3)4/h14H,5-10H2,1-4H3,(H,15,16). The first-order valence-corrected chi connectivity index (χ1v) is 6.66. The zero-order valence-electron chi connectivity index (χ0n) is 12.0. The zero-order chi connectivity index (χ0) is 13.6. The van der Waals surface area contributed by atoms with E-state index in [0.717, 1.165) is 25.9 Å². The van der Waals surface area contributed by atoms with Gasteiger partial charge in [-0.05, 0) is 53.6 Å². The van der Waals surface area contributed by atoms with Gasteiger partial charge in [0.05, 0.1) is 12.1 Å². The summed E-state index contributed by atoms with van der Waals surface area (Å²) in [6.07, 6.45) is 1.38. The quantitative estimate of drug-likeness (QED) is 0.805. The van der Waals surface area contributed by atoms with Crippen molar-refractivity contribution in [3.63, 3.8) is 0 Å². The van der Waals surface area contributed by atoms with Gasteiger partial charge in [-0.1, -0.05) is 0 Å². The van der Waals surface area contributed by atoms with E-state index in [1.165, 1.54) is 0 Å². The van der Waals surface area contributed by atoms with Gasteiger partial charge >= 0.3 is 6.09 Å². The smallest absolute Gasteiger partial charge is 0.408 e. The molecule has 0 aromatic rings. The van der Waals surface area contributed by atoms with Crippen LogP contribution >= 0.6 is 0 Å². The molecule has 0 bridgehead atoms. The lowest BCUT2D eigenvalue weighted by molar-refractivity contribution is 0.0233. The van der Waals surface area contributed by atoms with Gasteiger partial charge in [0.15, 0.2) is 0 Å². The second-order valence-electron chi connectivity index (χ2n) is 5.79. The number of nitrogens with one attached hydrogen (secondary N) is 2. The Balaban J connectivity index is 2.57. The summed E-state index contributed by atoms with van der Waals surface area (Å²) in [5.74, 6) is 0. The van der Waals surface area contributed by atoms with E-state index in [1.807, 2.05) is 27.7 Å². The first kappa shape index (κ1) is 15.2. The third kappa shape index (κ3) is 5.23. The number of rotatable bonds is 4. The summed E-state index contributed by atoms with van der Waals surface area (Å²) in [7, 11) is 0. The van der Waals surface area contributed by atoms with Gasteiger partial charge in [0, 0.05) is 6.61 Å². The topological polar surface area (TPSA) is 59.6 Å². The average Bonchev–Trinajstić information content (AvgIpc) is 2.25. The second-order valence-corrected chi connectivity index (χ2v) is 5.79. The Morgan fingerprint density at radius 2 is 1.94 bits per heavy atom. The molecule has 1 saturated heterocycles. The van der Waals surface area contributed by atoms with Crippen LogP contribution in [0.1, 0.15) is 40.5 Å². The molecule has 1 heterocycles. The Hall–Kier alpha value is -0.810. The Labute approximate surface area is 110 Å². The lowest BCUT2D eigenvalue weighted by Crippen LogP contribution is -2.58. The van der Waals surface area contributed by atoms with E-state index in [1.54, 1.807) is 0 Å². The lowest BCUT2D eigenvalue weighted by Gasteiger charge is -2.38. The van der Waals surface area contributed by atoms with Crippen molar-refractivity contribution < 1.29 is 14.3 Å². The minimum Gasteiger partial charge on any atom is -0.444 e. The molecular weight excluding hydrogens is 232 g/mol. The molecule has 0 aromatic carbocycles. The van der Waals surface area contributed by atoms with Crippen LogP contribution in [-0.4, -0.2) is 43.5 Å². The number of carbonyl (C=O) groups excluding carboxylic acids is 1. The van der Waals surface area contributed by atoms with Gasteiger partial charge in [0.1, 0.15) is 5.60 Å². The van der Waals surface area contributed by atoms with Gasteiger partial charge in [0.25, 0.3) is 0 Å². The van der Waals surface area contributed by atoms with Crippen molar-refractivity contribution >= 4 is 6.09 Å². The second kappa shape index (κ2) is 6.38. The normalized spacial score (nSPS) is 19.3. The molecular formula is C13H26N2O3. The monoisotopic (exact) mass is 258 g/mol. The average molecular weight is 258 g/mol. The molecule has 0 radical (unpaired) electrons. The minimum atomic E-state index is -0.468. The maximum Gasteiger partial charge on any atom is 0.408 e. The summed E-state index contributed by atoms with van der Waals surface area (Å²) in [6, 6.07) is 0. The van der Waals surface area contributed by atoms with Gasteiger partial charge < -0.3 is 20.1 Å². The van der Waals surface area contributed by atoms with Crippen LogP contribution in [0.3, 0.4) is 0 Å². The molecule has 5 nitrogen and oxygen atoms in total. The molecule has 0 saturated carbocycles. The maximum atomic E-state index is 11.9. The molecule has 5 heteroatoms. The highest BCUT2D eigenvalue weighted by molar-refractivity contribution is 5.68. The summed E-state index contributed by atoms with van der Waals surface area (Å²) >= 11 is 0. The fourth-order valence-electron chi connectivity index (χ4n) is 2.03. The fraction of sp³-hybridized carbons (Fsp3) is 0.923. The van der Waals surface area contributed by atoms with Gasteiger partial charge in [0.2, 0.25) is 0 Å². The summed E-state index contributed by atoms with van der Waals surface area (Å²) in [6.45, 7) is 10.5. The summed E-state index contributed by atoms with van der Waals surface area (Å²) in [4.78, 5) is 11.9. The molecule has 0 spiro atoms. The molecule has 18 heavy (non-hydrogen) atoms. The van der Waals surface area contributed by atoms with Crippen LogP contribution < -0.4 is 10.6 Å². The van der Waals surface area contributed by atoms with Gasteiger partial charge in [-0.2, -0.15) is 0 Å². The van der Waals surface area contributed by atoms with E-state index < -0.39 is 5.60 Å². The highest BCUT2D eigenvalue weighted by Crippen LogP contribution is 2.20. The molecule has 1 aliphatic rings. The number of hydrogen-bond acceptors (Lipinski definition) is 4. The number of hydrogen-bond donors (Lipinski definition) is 2. The van der Waals surface area contributed by atoms with Crippen LogP contribution in [-0.2, 0) is 9.47 Å². The van der Waals surface area contributed by atoms with Crippen molar-refractivity contribution in [2.45, 2.75) is 51.7 Å². The molecule has 1 amide bonds. The maximum absolute atomic E-state index is 11.9. The van der Waals surface area contributed by atoms with Gasteiger partial charge in [-0.25, -0.2) is 4.79 Å². The van der Waals surface area contributed by atoms with E-state index in [2.05, 4.69) is 10.6 Å². The third-order valence-corrected chi connectivity index (χ3v) is 2.91. The minimum absolute atomic E-state index is 0.288. The molecule has 2 N–H and O–H groups in total. The highest BCUT2D eigenvalue weighted by atomic mass is 16.6. The Kier molecular flexibility index (Phi) is 5.41. The van der Waals surface area contributed by atoms with Gasteiger partial charge in [-0.15, -0.1) is 0 Å². The van der Waals surface area contributed by atoms with E-state index in [-0.39, 0.29) is 11.6 Å². The molecule has 0 atom stereocenters. The van der Waals surface area contributed by atoms with E-state index in [0.29, 0.717) is 13.2 Å². The van der Waals surface area contributed by atoms with Crippen molar-refractivity contribution in [1.29, 1.82) is 0 Å². The lowest BCUT2D eigenvalue weighted by atomic mass is 9.89. The third-order valence-electron chi connectivity index (χ3n) is 2.91. The molecule has 0 aliphatic carbocycles. The predicted molar refractivity (Wildman–Crippen MR) is 70.7 cm³/mol. The SMILES string of the molecule is CCOCC1(NC(=O)OC(C)(C)C)CCNCC1. The number of ether oxygens (including phenoxy) is 2. The molecule has 1 rings (SSSR count). The van der Waals surface area contributed by atoms with Crippen LogP contribution in [0.2, 0.25) is 0 Å². The highest BCUT2D eigenvalue weighted by Gasteiger charge is 2.35. The van der Waals surface area contributed by atoms with Crippen LogP contribution in [0, 0.1) is 0 Å². The summed E-state index contributed by atoms with van der Waals surface area (Å²) < 4.78 is 10.8. The van der Waals surface area contributed by atoms with Crippen molar-refractivity contribution in [3.8, 4) is 0 Å². The van der Waals surface area contributed by atoms with Gasteiger partial charge in [-0.3, -0.25) is 0 Å². The van der Waals surface area contributed by atoms with Crippen molar-refractivity contribution in [2.75, 3.05) is 26.3 Å². The predicted octanol–water partition coefficient (Wildman–Crippen LogP) is 1.67. The first-order valence-electron chi connectivity index (χ1n) is 6.66. The van der Waals surface area contributed by atoms with Crippen LogP contribution in [0.4, 0.5) is 4.79 Å². The molecule has 0 aromatic heterocycles. The van der Waals surface area contributed by atoms with Crippen molar-refractivity contribution in [3.05, 3.63) is 0 Å². The fourth-order valence-corrected chi connectivity index (χ4v) is 2.03. The van der Waals surface area contributed by atoms with Crippen LogP contribution in [0.5, 0.6) is 0 Å². The van der Waals surface area contributed by atoms with E-state index >= 15 is 0 Å². The molecule has 1 fully saturated rings. The van der Waals surface area contributed by atoms with Crippen molar-refractivity contribution in [2.24, 2.45) is 0 Å². The molecule has 1 aliphatic heterocycles. The van der Waals surface area contributed by atoms with E-state index in [4.69, 9.17) is 9.47 Å². The largest absolute Gasteiger partial charge is 0.444 e. The number of alkyl carbamates (subject to hydrolysis) is 1. The first-order chi connectivity index (χ1) is 8.37. The zero-order valence-corrected chi connectivity index (χ0v) is 12.0. The Morgan fingerprint density at radius 3 is 2.44 bits per heavy atom. The Morgan fingerprint density at radius 1 is 1.33 bits per heavy atom. The van der Waals surface area contributed by atoms with Crippen LogP contribution in [0.25, 0.3) is 0 Å². The molecule has 0 unspecified atom stereocenters. The molecule has 106 valence electrons. The van der Waals surface area contributed by atoms with Crippen molar-refractivity contribution in [1.82, 2.24) is 10.6 Å².